The molecule has 0 aliphatic carbocycles. The number of nitrogens with two attached hydrogens (primary N) is 2. The lowest BCUT2D eigenvalue weighted by atomic mass is 9.83. The van der Waals surface area contributed by atoms with Crippen LogP contribution in [0, 0.1) is 23.2 Å². The molecule has 1 aromatic carbocycles. The van der Waals surface area contributed by atoms with Crippen molar-refractivity contribution in [1.82, 2.24) is 34.1 Å². The van der Waals surface area contributed by atoms with Gasteiger partial charge in [0.2, 0.25) is 0 Å². The van der Waals surface area contributed by atoms with Crippen LogP contribution in [0.4, 0.5) is 0 Å². The first-order valence-electron chi connectivity index (χ1n) is 29.8. The van der Waals surface area contributed by atoms with Crippen LogP contribution in [-0.2, 0) is 24.1 Å². The molecule has 4 N–H and O–H groups in total. The maximum Gasteiger partial charge on any atom is 0.0968 e. The Morgan fingerprint density at radius 1 is 0.949 bits per heavy atom. The largest absolute Gasteiger partial charge is 0.501 e. The monoisotopic (exact) mass is 1110 g/mol. The molecule has 4 heterocycles. The quantitative estimate of drug-likeness (QED) is 0.0361. The van der Waals surface area contributed by atoms with E-state index in [1.54, 1.807) is 23.7 Å². The Bertz CT molecular complexity index is 2410. The molecular formula is C68H117N9OS. The molecule has 1 fully saturated rings. The molecule has 0 saturated carbocycles. The van der Waals surface area contributed by atoms with E-state index in [0.29, 0.717) is 25.0 Å². The molecular weight excluding hydrogens is 991 g/mol. The number of rotatable bonds is 26. The molecule has 5 rings (SSSR count). The van der Waals surface area contributed by atoms with Crippen LogP contribution in [0.2, 0.25) is 0 Å². The van der Waals surface area contributed by atoms with Gasteiger partial charge in [0.25, 0.3) is 0 Å². The number of thiazole rings is 1. The third-order valence-electron chi connectivity index (χ3n) is 14.7. The zero-order chi connectivity index (χ0) is 60.8. The van der Waals surface area contributed by atoms with Crippen molar-refractivity contribution in [3.63, 3.8) is 0 Å². The van der Waals surface area contributed by atoms with Crippen LogP contribution in [-0.4, -0.2) is 106 Å². The van der Waals surface area contributed by atoms with E-state index in [1.165, 1.54) is 40.6 Å². The van der Waals surface area contributed by atoms with Crippen LogP contribution < -0.4 is 11.5 Å². The van der Waals surface area contributed by atoms with E-state index in [-0.39, 0.29) is 22.9 Å². The molecule has 11 heteroatoms. The van der Waals surface area contributed by atoms with Crippen molar-refractivity contribution < 1.29 is 4.74 Å². The summed E-state index contributed by atoms with van der Waals surface area (Å²) in [6.45, 7) is 66.6. The summed E-state index contributed by atoms with van der Waals surface area (Å²) in [7, 11) is 6.23. The Kier molecular flexibility index (Phi) is 35.3. The summed E-state index contributed by atoms with van der Waals surface area (Å²) in [6.07, 6.45) is 13.7. The first-order valence-corrected chi connectivity index (χ1v) is 30.7. The van der Waals surface area contributed by atoms with Gasteiger partial charge in [-0.25, -0.2) is 4.98 Å². The number of ether oxygens (including phenoxy) is 1. The van der Waals surface area contributed by atoms with Crippen LogP contribution in [0.3, 0.4) is 0 Å². The molecule has 3 aromatic heterocycles. The highest BCUT2D eigenvalue weighted by atomic mass is 32.1. The van der Waals surface area contributed by atoms with Gasteiger partial charge >= 0.3 is 0 Å². The van der Waals surface area contributed by atoms with Crippen molar-refractivity contribution in [2.45, 2.75) is 180 Å². The molecule has 0 radical (unpaired) electrons. The van der Waals surface area contributed by atoms with Crippen LogP contribution in [0.1, 0.15) is 166 Å². The third-order valence-corrected chi connectivity index (χ3v) is 15.6. The third kappa shape index (κ3) is 22.1. The Hall–Kier alpha value is -5.10. The van der Waals surface area contributed by atoms with Gasteiger partial charge in [-0.3, -0.25) is 9.88 Å². The number of nitrogens with zero attached hydrogens (tertiary/aromatic N) is 7. The van der Waals surface area contributed by atoms with Crippen LogP contribution in [0.5, 0.6) is 0 Å². The highest BCUT2D eigenvalue weighted by Gasteiger charge is 2.33. The molecule has 1 aliphatic rings. The van der Waals surface area contributed by atoms with Gasteiger partial charge < -0.3 is 35.5 Å². The summed E-state index contributed by atoms with van der Waals surface area (Å²) in [5.74, 6) is 2.87. The molecule has 1 saturated heterocycles. The predicted molar refractivity (Wildman–Crippen MR) is 353 cm³/mol. The Morgan fingerprint density at radius 3 is 2.08 bits per heavy atom. The second-order valence-electron chi connectivity index (χ2n) is 22.4. The standard InChI is InChI=1S/C39H55N5OS.C14H27N3.C8H15N.C3H8.2C2H6/c1-11-27(5)36-30(16-15-20-41-36)37-32(24-38(6,7)26-45-14-4)31-22-28(17-18-34(31)44(37)13-3)33-25-46-35(42-33)23-29(12-2)39(8,9)43(10)21-19-40;1-10(2)14(12(4)15)16(6)13(5)17-8-7-11(3)9-17;1-5-7-9(4)8(3)6-2;1-3-2;2*1-2/h12,14-18,20,22,25,27,29H,2,4,11,13,19,21,23-24,26,40H2,1,3,5-10H3;10-11,14H,4-5,7-9,15H2,1-3,6H3;6H,2-3,5,7H2,1,4H3;3H2,1-2H3;2*1-2H3. The van der Waals surface area contributed by atoms with E-state index in [2.05, 4.69) is 210 Å². The topological polar surface area (TPSA) is 105 Å². The van der Waals surface area contributed by atoms with Gasteiger partial charge in [-0.2, -0.15) is 0 Å². The smallest absolute Gasteiger partial charge is 0.0968 e. The summed E-state index contributed by atoms with van der Waals surface area (Å²) in [5, 5.41) is 4.59. The number of hydrogen-bond acceptors (Lipinski definition) is 10. The molecule has 0 amide bonds. The number of allylic oxidation sites excluding steroid dienone is 1. The van der Waals surface area contributed by atoms with Gasteiger partial charge in [-0.1, -0.05) is 148 Å². The van der Waals surface area contributed by atoms with Crippen LogP contribution >= 0.6 is 11.3 Å². The van der Waals surface area contributed by atoms with Crippen molar-refractivity contribution in [3.8, 4) is 22.5 Å². The van der Waals surface area contributed by atoms with E-state index in [9.17, 15) is 0 Å². The molecule has 4 atom stereocenters. The van der Waals surface area contributed by atoms with Crippen molar-refractivity contribution in [2.24, 2.45) is 34.6 Å². The molecule has 79 heavy (non-hydrogen) atoms. The number of aromatic nitrogens is 3. The van der Waals surface area contributed by atoms with Crippen molar-refractivity contribution >= 4 is 22.2 Å². The number of likely N-dealkylation sites (N-methyl/N-ethyl adjacent to an activating group) is 3. The summed E-state index contributed by atoms with van der Waals surface area (Å²) < 4.78 is 8.22. The number of hydrogen-bond donors (Lipinski definition) is 2. The fourth-order valence-electron chi connectivity index (χ4n) is 9.84. The number of likely N-dealkylation sites (tertiary alicyclic amines) is 1. The lowest BCUT2D eigenvalue weighted by Gasteiger charge is -2.40. The number of aryl methyl sites for hydroxylation is 1. The Balaban J connectivity index is 0.00000150. The van der Waals surface area contributed by atoms with Gasteiger partial charge in [0.1, 0.15) is 0 Å². The fourth-order valence-corrected chi connectivity index (χ4v) is 10.7. The van der Waals surface area contributed by atoms with E-state index in [4.69, 9.17) is 26.2 Å². The second-order valence-corrected chi connectivity index (χ2v) is 23.3. The van der Waals surface area contributed by atoms with E-state index in [1.807, 2.05) is 40.9 Å². The zero-order valence-corrected chi connectivity index (χ0v) is 55.0. The fraction of sp³-hybridized carbons (Fsp3) is 0.588. The summed E-state index contributed by atoms with van der Waals surface area (Å²) in [4.78, 5) is 19.0. The lowest BCUT2D eigenvalue weighted by molar-refractivity contribution is 0.114. The average Bonchev–Trinajstić information content (AvgIpc) is 4.18. The molecule has 446 valence electrons. The first kappa shape index (κ1) is 73.9. The predicted octanol–water partition coefficient (Wildman–Crippen LogP) is 16.8. The molecule has 10 nitrogen and oxygen atoms in total. The van der Waals surface area contributed by atoms with Crippen molar-refractivity contribution in [3.05, 3.63) is 133 Å². The highest BCUT2D eigenvalue weighted by molar-refractivity contribution is 7.10. The summed E-state index contributed by atoms with van der Waals surface area (Å²) in [6, 6.07) is 11.4. The number of pyridine rings is 1. The molecule has 4 unspecified atom stereocenters. The van der Waals surface area contributed by atoms with Crippen molar-refractivity contribution in [2.75, 3.05) is 60.5 Å². The van der Waals surface area contributed by atoms with Crippen molar-refractivity contribution in [1.29, 1.82) is 0 Å². The molecule has 4 aromatic rings. The lowest BCUT2D eigenvalue weighted by Crippen LogP contribution is -2.49. The second kappa shape index (κ2) is 37.8. The minimum Gasteiger partial charge on any atom is -0.501 e. The summed E-state index contributed by atoms with van der Waals surface area (Å²) in [5.41, 5.74) is 21.7. The minimum atomic E-state index is -0.109. The molecule has 0 spiro atoms. The van der Waals surface area contributed by atoms with Gasteiger partial charge in [0, 0.05) is 122 Å². The van der Waals surface area contributed by atoms with E-state index >= 15 is 0 Å². The van der Waals surface area contributed by atoms with Gasteiger partial charge in [0.05, 0.1) is 46.8 Å². The summed E-state index contributed by atoms with van der Waals surface area (Å²) >= 11 is 1.73. The number of benzene rings is 1. The average molecular weight is 1110 g/mol. The first-order chi connectivity index (χ1) is 37.4. The van der Waals surface area contributed by atoms with Gasteiger partial charge in [-0.05, 0) is 107 Å². The maximum absolute atomic E-state index is 5.91. The molecule has 1 aliphatic heterocycles. The highest BCUT2D eigenvalue weighted by Crippen LogP contribution is 2.42. The maximum atomic E-state index is 5.91. The molecule has 0 bridgehead atoms. The van der Waals surface area contributed by atoms with Crippen LogP contribution in [0.25, 0.3) is 33.4 Å². The van der Waals surface area contributed by atoms with E-state index in [0.717, 1.165) is 103 Å². The van der Waals surface area contributed by atoms with E-state index < -0.39 is 0 Å². The Labute approximate surface area is 489 Å². The normalized spacial score (nSPS) is 14.0. The minimum absolute atomic E-state index is 0.0806. The zero-order valence-electron chi connectivity index (χ0n) is 54.2. The Morgan fingerprint density at radius 2 is 1.58 bits per heavy atom. The van der Waals surface area contributed by atoms with Gasteiger partial charge in [0.15, 0.2) is 0 Å². The van der Waals surface area contributed by atoms with Crippen LogP contribution in [0.15, 0.2) is 117 Å². The SMILES string of the molecule is C=C(N)C(C(C)C)N(C)C(=C)N1CCC(C)C1.C=CC(=C)N(C)CCC.C=COCC(C)(C)Cc1c(-c2cccnc2C(C)CC)n(CC)c2ccc(-c3csc(CC(C=C)C(C)(C)N(C)CCN)n3)cc12.CC.CC.CCC. The van der Waals surface area contributed by atoms with Gasteiger partial charge in [-0.15, -0.1) is 17.9 Å². The number of fused-ring (bicyclic) bond motifs is 1.